The third kappa shape index (κ3) is 6.26. The van der Waals surface area contributed by atoms with Gasteiger partial charge in [0.25, 0.3) is 0 Å². The summed E-state index contributed by atoms with van der Waals surface area (Å²) in [7, 11) is 0. The van der Waals surface area contributed by atoms with Crippen LogP contribution in [0.1, 0.15) is 49.5 Å². The predicted molar refractivity (Wildman–Crippen MR) is 128 cm³/mol. The quantitative estimate of drug-likeness (QED) is 0.438. The van der Waals surface area contributed by atoms with Crippen LogP contribution < -0.4 is 5.32 Å². The summed E-state index contributed by atoms with van der Waals surface area (Å²) < 4.78 is 5.52. The van der Waals surface area contributed by atoms with Crippen LogP contribution in [0.15, 0.2) is 40.8 Å². The number of halogens is 1. The van der Waals surface area contributed by atoms with Crippen molar-refractivity contribution >= 4 is 23.4 Å². The highest BCUT2D eigenvalue weighted by Crippen LogP contribution is 2.26. The van der Waals surface area contributed by atoms with E-state index in [9.17, 15) is 14.7 Å². The van der Waals surface area contributed by atoms with Gasteiger partial charge in [0.15, 0.2) is 5.76 Å². The Morgan fingerprint density at radius 3 is 2.63 bits per heavy atom. The molecule has 0 unspecified atom stereocenters. The molecular weight excluding hydrogens is 472 g/mol. The first-order valence-corrected chi connectivity index (χ1v) is 12.1. The lowest BCUT2D eigenvalue weighted by Gasteiger charge is -2.32. The van der Waals surface area contributed by atoms with Crippen molar-refractivity contribution in [3.63, 3.8) is 0 Å². The zero-order valence-corrected chi connectivity index (χ0v) is 20.3. The van der Waals surface area contributed by atoms with E-state index in [1.807, 2.05) is 6.92 Å². The number of rotatable bonds is 10. The van der Waals surface area contributed by atoms with Gasteiger partial charge in [-0.1, -0.05) is 36.6 Å². The highest BCUT2D eigenvalue weighted by Gasteiger charge is 2.33. The van der Waals surface area contributed by atoms with Gasteiger partial charge in [-0.2, -0.15) is 4.80 Å². The van der Waals surface area contributed by atoms with Gasteiger partial charge in [-0.3, -0.25) is 9.59 Å². The molecule has 3 aromatic rings. The zero-order chi connectivity index (χ0) is 24.8. The lowest BCUT2D eigenvalue weighted by molar-refractivity contribution is -0.142. The number of hydrogen-bond acceptors (Lipinski definition) is 7. The number of hydrogen-bond donors (Lipinski definition) is 2. The van der Waals surface area contributed by atoms with Gasteiger partial charge in [0, 0.05) is 24.2 Å². The summed E-state index contributed by atoms with van der Waals surface area (Å²) in [5.41, 5.74) is 0.634. The molecule has 1 aromatic carbocycles. The van der Waals surface area contributed by atoms with Gasteiger partial charge in [-0.25, -0.2) is 0 Å². The third-order valence-corrected chi connectivity index (χ3v) is 6.27. The molecule has 2 amide bonds. The van der Waals surface area contributed by atoms with Crippen LogP contribution in [-0.2, 0) is 16.1 Å². The van der Waals surface area contributed by atoms with Crippen molar-refractivity contribution in [1.29, 1.82) is 0 Å². The summed E-state index contributed by atoms with van der Waals surface area (Å²) in [6.45, 7) is 1.65. The fourth-order valence-electron chi connectivity index (χ4n) is 4.28. The van der Waals surface area contributed by atoms with Crippen molar-refractivity contribution in [3.05, 3.63) is 52.7 Å². The summed E-state index contributed by atoms with van der Waals surface area (Å²) in [6.07, 6.45) is 4.29. The molecule has 11 heteroatoms. The minimum Gasteiger partial charge on any atom is -0.458 e. The molecule has 2 heterocycles. The van der Waals surface area contributed by atoms with Gasteiger partial charge in [0.05, 0.1) is 0 Å². The molecule has 1 atom stereocenters. The minimum atomic E-state index is -0.886. The number of aliphatic hydroxyl groups excluding tert-OH is 1. The van der Waals surface area contributed by atoms with E-state index in [1.165, 1.54) is 9.70 Å². The number of aliphatic hydroxyl groups is 1. The number of benzene rings is 1. The summed E-state index contributed by atoms with van der Waals surface area (Å²) in [5.74, 6) is 0.791. The van der Waals surface area contributed by atoms with E-state index in [2.05, 4.69) is 20.7 Å². The molecule has 0 bridgehead atoms. The number of tetrazole rings is 1. The Balaban J connectivity index is 1.58. The van der Waals surface area contributed by atoms with E-state index in [-0.39, 0.29) is 43.4 Å². The number of nitrogens with one attached hydrogen (secondary N) is 1. The van der Waals surface area contributed by atoms with Gasteiger partial charge in [-0.15, -0.1) is 10.2 Å². The Bertz CT molecular complexity index is 1140. The number of aryl methyl sites for hydroxylation is 1. The monoisotopic (exact) mass is 500 g/mol. The molecule has 1 aliphatic carbocycles. The maximum Gasteiger partial charge on any atom is 0.247 e. The topological polar surface area (TPSA) is 126 Å². The van der Waals surface area contributed by atoms with Crippen molar-refractivity contribution in [2.24, 2.45) is 0 Å². The SMILES string of the molecule is Cc1ccc(-c2nnn(CC(=O)N(CCCO)[C@@H](C(=O)NC3CCCC3)c3ccc(Cl)cc3)n2)o1. The summed E-state index contributed by atoms with van der Waals surface area (Å²) in [6, 6.07) is 9.59. The van der Waals surface area contributed by atoms with Crippen LogP contribution in [0.4, 0.5) is 0 Å². The second kappa shape index (κ2) is 11.5. The molecule has 35 heavy (non-hydrogen) atoms. The fraction of sp³-hybridized carbons (Fsp3) is 0.458. The van der Waals surface area contributed by atoms with Crippen molar-refractivity contribution in [2.45, 2.75) is 57.7 Å². The standard InChI is InChI=1S/C24H29ClN6O4/c1-16-7-12-20(35-16)23-27-29-31(28-23)15-21(33)30(13-4-14-32)22(17-8-10-18(25)11-9-17)24(34)26-19-5-2-3-6-19/h7-12,19,22,32H,2-6,13-15H2,1H3,(H,26,34)/t22-/m1/s1. The Morgan fingerprint density at radius 2 is 1.97 bits per heavy atom. The maximum absolute atomic E-state index is 13.5. The molecule has 1 saturated carbocycles. The Labute approximate surface area is 208 Å². The van der Waals surface area contributed by atoms with Crippen molar-refractivity contribution in [3.8, 4) is 11.6 Å². The van der Waals surface area contributed by atoms with Crippen LogP contribution in [0, 0.1) is 6.92 Å². The normalized spacial score (nSPS) is 14.7. The number of carbonyl (C=O) groups excluding carboxylic acids is 2. The van der Waals surface area contributed by atoms with E-state index in [1.54, 1.807) is 36.4 Å². The molecule has 0 radical (unpaired) electrons. The van der Waals surface area contributed by atoms with Crippen LogP contribution in [0.2, 0.25) is 5.02 Å². The first-order chi connectivity index (χ1) is 16.9. The lowest BCUT2D eigenvalue weighted by Crippen LogP contribution is -2.47. The van der Waals surface area contributed by atoms with Crippen LogP contribution in [0.25, 0.3) is 11.6 Å². The van der Waals surface area contributed by atoms with Crippen molar-refractivity contribution in [2.75, 3.05) is 13.2 Å². The van der Waals surface area contributed by atoms with Gasteiger partial charge < -0.3 is 19.7 Å². The van der Waals surface area contributed by atoms with Crippen LogP contribution in [0.5, 0.6) is 0 Å². The minimum absolute atomic E-state index is 0.0865. The number of nitrogens with zero attached hydrogens (tertiary/aromatic N) is 5. The number of aromatic nitrogens is 4. The first kappa shape index (κ1) is 24.9. The van der Waals surface area contributed by atoms with E-state index in [4.69, 9.17) is 16.0 Å². The highest BCUT2D eigenvalue weighted by atomic mass is 35.5. The second-order valence-electron chi connectivity index (χ2n) is 8.66. The molecule has 0 saturated heterocycles. The molecule has 4 rings (SSSR count). The Kier molecular flexibility index (Phi) is 8.14. The fourth-order valence-corrected chi connectivity index (χ4v) is 4.41. The predicted octanol–water partition coefficient (Wildman–Crippen LogP) is 2.91. The summed E-state index contributed by atoms with van der Waals surface area (Å²) in [4.78, 5) is 29.6. The first-order valence-electron chi connectivity index (χ1n) is 11.8. The van der Waals surface area contributed by atoms with Gasteiger partial charge in [0.1, 0.15) is 18.3 Å². The smallest absolute Gasteiger partial charge is 0.247 e. The molecule has 2 aromatic heterocycles. The molecule has 1 fully saturated rings. The van der Waals surface area contributed by atoms with Crippen LogP contribution >= 0.6 is 11.6 Å². The third-order valence-electron chi connectivity index (χ3n) is 6.02. The van der Waals surface area contributed by atoms with Crippen LogP contribution in [-0.4, -0.2) is 61.2 Å². The molecule has 2 N–H and O–H groups in total. The highest BCUT2D eigenvalue weighted by molar-refractivity contribution is 6.30. The van der Waals surface area contributed by atoms with Gasteiger partial charge in [-0.05, 0) is 61.2 Å². The van der Waals surface area contributed by atoms with E-state index < -0.39 is 6.04 Å². The largest absolute Gasteiger partial charge is 0.458 e. The van der Waals surface area contributed by atoms with Crippen molar-refractivity contribution in [1.82, 2.24) is 30.4 Å². The number of furan rings is 1. The molecule has 186 valence electrons. The average Bonchev–Trinajstić information content (AvgIpc) is 3.60. The number of carbonyl (C=O) groups is 2. The zero-order valence-electron chi connectivity index (χ0n) is 19.6. The molecule has 1 aliphatic rings. The maximum atomic E-state index is 13.5. The summed E-state index contributed by atoms with van der Waals surface area (Å²) >= 11 is 6.07. The van der Waals surface area contributed by atoms with E-state index in [0.29, 0.717) is 28.5 Å². The molecule has 0 aliphatic heterocycles. The molecular formula is C24H29ClN6O4. The average molecular weight is 501 g/mol. The molecule has 0 spiro atoms. The van der Waals surface area contributed by atoms with E-state index >= 15 is 0 Å². The number of amides is 2. The molecule has 10 nitrogen and oxygen atoms in total. The van der Waals surface area contributed by atoms with Crippen LogP contribution in [0.3, 0.4) is 0 Å². The van der Waals surface area contributed by atoms with Crippen molar-refractivity contribution < 1.29 is 19.1 Å². The van der Waals surface area contributed by atoms with E-state index in [0.717, 1.165) is 25.7 Å². The summed E-state index contributed by atoms with van der Waals surface area (Å²) in [5, 5.41) is 25.3. The second-order valence-corrected chi connectivity index (χ2v) is 9.10. The Hall–Kier alpha value is -3.24. The lowest BCUT2D eigenvalue weighted by atomic mass is 10.0. The van der Waals surface area contributed by atoms with Gasteiger partial charge >= 0.3 is 0 Å². The Morgan fingerprint density at radius 1 is 1.23 bits per heavy atom. The van der Waals surface area contributed by atoms with Gasteiger partial charge in [0.2, 0.25) is 17.6 Å².